The number of hydrogen-bond donors (Lipinski definition) is 5. The van der Waals surface area contributed by atoms with Crippen LogP contribution in [0.1, 0.15) is 106 Å². The van der Waals surface area contributed by atoms with E-state index in [9.17, 15) is 39.9 Å². The fourth-order valence-electron chi connectivity index (χ4n) is 14.1. The molecule has 2 aliphatic heterocycles. The van der Waals surface area contributed by atoms with Crippen molar-refractivity contribution in [1.29, 1.82) is 0 Å². The number of aliphatic hydroxyl groups is 5. The summed E-state index contributed by atoms with van der Waals surface area (Å²) < 4.78 is 40.5. The van der Waals surface area contributed by atoms with Gasteiger partial charge in [-0.15, -0.1) is 0 Å². The molecule has 0 aromatic rings. The Morgan fingerprint density at radius 3 is 1.87 bits per heavy atom. The first kappa shape index (κ1) is 51.5. The lowest BCUT2D eigenvalue weighted by Crippen LogP contribution is -2.68. The minimum Gasteiger partial charge on any atom is -0.461 e. The maximum Gasteiger partial charge on any atom is 0.338 e. The van der Waals surface area contributed by atoms with Crippen LogP contribution in [-0.4, -0.2) is 137 Å². The van der Waals surface area contributed by atoms with Crippen LogP contribution in [0.25, 0.3) is 0 Å². The molecule has 6 fully saturated rings. The Labute approximate surface area is 394 Å². The van der Waals surface area contributed by atoms with Gasteiger partial charge in [-0.25, -0.2) is 9.59 Å². The van der Waals surface area contributed by atoms with Crippen LogP contribution in [0.4, 0.5) is 0 Å². The number of fused-ring (bicyclic) bond motifs is 7. The van der Waals surface area contributed by atoms with Crippen LogP contribution in [0, 0.1) is 50.2 Å². The molecule has 0 bridgehead atoms. The van der Waals surface area contributed by atoms with Crippen LogP contribution < -0.4 is 0 Å². The highest BCUT2D eigenvalue weighted by Crippen LogP contribution is 2.75. The molecule has 16 nitrogen and oxygen atoms in total. The zero-order chi connectivity index (χ0) is 49.2. The molecular formula is C51H74O16. The molecule has 16 heteroatoms. The summed E-state index contributed by atoms with van der Waals surface area (Å²) in [5.74, 6) is -2.57. The van der Waals surface area contributed by atoms with Gasteiger partial charge in [0.1, 0.15) is 56.4 Å². The molecule has 374 valence electrons. The lowest BCUT2D eigenvalue weighted by molar-refractivity contribution is -0.371. The first-order chi connectivity index (χ1) is 31.4. The van der Waals surface area contributed by atoms with Gasteiger partial charge in [0, 0.05) is 5.92 Å². The first-order valence-electron chi connectivity index (χ1n) is 24.0. The van der Waals surface area contributed by atoms with Crippen LogP contribution in [0.3, 0.4) is 0 Å². The van der Waals surface area contributed by atoms with E-state index in [-0.39, 0.29) is 60.2 Å². The van der Waals surface area contributed by atoms with Crippen LogP contribution in [-0.2, 0) is 52.3 Å². The fraction of sp³-hybridized carbons (Fsp3) is 0.765. The summed E-state index contributed by atoms with van der Waals surface area (Å²) >= 11 is 0. The van der Waals surface area contributed by atoms with E-state index >= 15 is 4.79 Å². The molecule has 0 radical (unpaired) electrons. The number of carbonyl (C=O) groups is 4. The molecule has 0 aromatic carbocycles. The van der Waals surface area contributed by atoms with Crippen LogP contribution in [0.5, 0.6) is 0 Å². The summed E-state index contributed by atoms with van der Waals surface area (Å²) in [5, 5.41) is 55.4. The monoisotopic (exact) mass is 942 g/mol. The summed E-state index contributed by atoms with van der Waals surface area (Å²) in [7, 11) is 0. The largest absolute Gasteiger partial charge is 0.461 e. The highest BCUT2D eigenvalue weighted by molar-refractivity contribution is 5.95. The molecule has 2 heterocycles. The number of ketones is 1. The van der Waals surface area contributed by atoms with E-state index in [0.717, 1.165) is 38.5 Å². The first-order valence-corrected chi connectivity index (χ1v) is 24.0. The molecule has 0 amide bonds. The summed E-state index contributed by atoms with van der Waals surface area (Å²) in [6.45, 7) is 25.8. The normalized spacial score (nSPS) is 46.7. The van der Waals surface area contributed by atoms with Crippen molar-refractivity contribution in [2.24, 2.45) is 50.2 Å². The molecule has 16 unspecified atom stereocenters. The Morgan fingerprint density at radius 1 is 0.687 bits per heavy atom. The summed E-state index contributed by atoms with van der Waals surface area (Å²) in [6.07, 6.45) is -6.40. The molecule has 5 N–H and O–H groups in total. The van der Waals surface area contributed by atoms with Crippen molar-refractivity contribution in [2.75, 3.05) is 19.8 Å². The van der Waals surface area contributed by atoms with Crippen LogP contribution >= 0.6 is 0 Å². The molecule has 7 aliphatic rings. The summed E-state index contributed by atoms with van der Waals surface area (Å²) in [6, 6.07) is 0. The predicted octanol–water partition coefficient (Wildman–Crippen LogP) is 4.18. The van der Waals surface area contributed by atoms with Gasteiger partial charge in [-0.05, 0) is 110 Å². The van der Waals surface area contributed by atoms with Gasteiger partial charge in [-0.1, -0.05) is 85.1 Å². The summed E-state index contributed by atoms with van der Waals surface area (Å²) in [5.41, 5.74) is -1.44. The van der Waals surface area contributed by atoms with Crippen molar-refractivity contribution < 1.29 is 77.9 Å². The van der Waals surface area contributed by atoms with E-state index in [0.29, 0.717) is 19.3 Å². The van der Waals surface area contributed by atoms with E-state index < -0.39 is 101 Å². The second-order valence-corrected chi connectivity index (χ2v) is 22.4. The van der Waals surface area contributed by atoms with Crippen molar-refractivity contribution in [3.63, 3.8) is 0 Å². The maximum atomic E-state index is 15.1. The molecule has 7 rings (SSSR count). The molecule has 67 heavy (non-hydrogen) atoms. The average molecular weight is 943 g/mol. The van der Waals surface area contributed by atoms with Gasteiger partial charge in [-0.2, -0.15) is 0 Å². The molecule has 19 atom stereocenters. The smallest absolute Gasteiger partial charge is 0.338 e. The Morgan fingerprint density at radius 2 is 1.25 bits per heavy atom. The Bertz CT molecular complexity index is 1980. The minimum atomic E-state index is -1.97. The van der Waals surface area contributed by atoms with Gasteiger partial charge in [0.15, 0.2) is 30.6 Å². The fourth-order valence-corrected chi connectivity index (χ4v) is 14.1. The molecule has 2 saturated heterocycles. The highest BCUT2D eigenvalue weighted by Gasteiger charge is 2.71. The third-order valence-electron chi connectivity index (χ3n) is 18.2. The van der Waals surface area contributed by atoms with Gasteiger partial charge in [0.05, 0.1) is 11.5 Å². The Hall–Kier alpha value is -3.32. The number of hydrogen-bond acceptors (Lipinski definition) is 16. The molecule has 0 spiro atoms. The van der Waals surface area contributed by atoms with E-state index in [4.69, 9.17) is 33.2 Å². The Kier molecular flexibility index (Phi) is 14.4. The predicted molar refractivity (Wildman–Crippen MR) is 240 cm³/mol. The Balaban J connectivity index is 1.17. The van der Waals surface area contributed by atoms with Crippen molar-refractivity contribution in [1.82, 2.24) is 0 Å². The number of aliphatic hydroxyl groups excluding tert-OH is 5. The average Bonchev–Trinajstić information content (AvgIpc) is 3.28. The van der Waals surface area contributed by atoms with Crippen LogP contribution in [0.2, 0.25) is 0 Å². The van der Waals surface area contributed by atoms with E-state index in [1.807, 2.05) is 13.0 Å². The quantitative estimate of drug-likeness (QED) is 0.0754. The van der Waals surface area contributed by atoms with Gasteiger partial charge < -0.3 is 58.7 Å². The van der Waals surface area contributed by atoms with E-state index in [2.05, 4.69) is 61.3 Å². The zero-order valence-corrected chi connectivity index (χ0v) is 40.2. The lowest BCUT2D eigenvalue weighted by Gasteiger charge is -2.70. The highest BCUT2D eigenvalue weighted by atomic mass is 16.8. The summed E-state index contributed by atoms with van der Waals surface area (Å²) in [4.78, 5) is 54.7. The van der Waals surface area contributed by atoms with Gasteiger partial charge in [0.2, 0.25) is 0 Å². The maximum absolute atomic E-state index is 15.1. The number of rotatable bonds is 13. The van der Waals surface area contributed by atoms with E-state index in [1.165, 1.54) is 17.7 Å². The number of allylic oxidation sites excluding steroid dienone is 2. The number of carbonyl (C=O) groups excluding carboxylic acids is 4. The van der Waals surface area contributed by atoms with Gasteiger partial charge in [0.25, 0.3) is 0 Å². The SMILES string of the molecule is C=CCOC(=O)C1OC(OC2C(OC3CC[C@@]4(C)C(CC[C@]5(C)C4C(=O)C=C4C6C[C@@](C)(C(=O)OCC=C)CCC6(C)CCC45C)C3(C)C)OC(C(=O)OCC=C)C(O)C2O)C(O)C(O)C1O. The molecule has 0 aromatic heterocycles. The van der Waals surface area contributed by atoms with E-state index in [1.54, 1.807) is 6.08 Å². The standard InChI is InChI=1S/C51H74O16/c1-11-22-61-41(58)37-33(54)32(53)36(57)43(65-37)67-39-35(56)34(55)38(42(59)62-23-12-2)66-44(39)64-31-15-16-49(8)30(46(31,4)5)14-17-51(10)40(49)29(52)25-27-28-26-48(7,45(60)63-24-13-3)19-18-47(28,6)20-21-50(27,51)9/h11-13,25,28,30-40,43-44,53-57H,1-3,14-24,26H2,4-10H3/t28?,30?,31?,32?,33?,34?,35?,36?,37?,38?,39?,40?,43?,44?,47?,48-,49-,50?,51+/m0/s1. The van der Waals surface area contributed by atoms with Crippen molar-refractivity contribution in [2.45, 2.75) is 174 Å². The molecular weight excluding hydrogens is 869 g/mol. The van der Waals surface area contributed by atoms with Gasteiger partial charge >= 0.3 is 17.9 Å². The van der Waals surface area contributed by atoms with Crippen LogP contribution in [0.15, 0.2) is 49.6 Å². The number of ether oxygens (including phenoxy) is 7. The second-order valence-electron chi connectivity index (χ2n) is 22.4. The van der Waals surface area contributed by atoms with Crippen molar-refractivity contribution in [3.05, 3.63) is 49.6 Å². The van der Waals surface area contributed by atoms with Crippen molar-refractivity contribution in [3.8, 4) is 0 Å². The third kappa shape index (κ3) is 8.51. The lowest BCUT2D eigenvalue weighted by atomic mass is 9.33. The number of esters is 3. The molecule has 4 saturated carbocycles. The topological polar surface area (TPSA) is 234 Å². The third-order valence-corrected chi connectivity index (χ3v) is 18.2. The minimum absolute atomic E-state index is 0.0388. The molecule has 5 aliphatic carbocycles. The zero-order valence-electron chi connectivity index (χ0n) is 40.2. The van der Waals surface area contributed by atoms with Crippen molar-refractivity contribution >= 4 is 23.7 Å². The second kappa shape index (κ2) is 18.8. The van der Waals surface area contributed by atoms with Gasteiger partial charge in [-0.3, -0.25) is 9.59 Å².